The molecule has 0 amide bonds. The quantitative estimate of drug-likeness (QED) is 0.687. The predicted octanol–water partition coefficient (Wildman–Crippen LogP) is 2.20. The maximum absolute atomic E-state index is 11.2. The van der Waals surface area contributed by atoms with Gasteiger partial charge in [0.15, 0.2) is 5.82 Å². The number of hydrogen-bond donors (Lipinski definition) is 1. The van der Waals surface area contributed by atoms with Crippen molar-refractivity contribution in [2.75, 3.05) is 7.11 Å². The molecule has 0 aromatic carbocycles. The Morgan fingerprint density at radius 3 is 2.95 bits per heavy atom. The van der Waals surface area contributed by atoms with Crippen molar-refractivity contribution < 1.29 is 14.7 Å². The van der Waals surface area contributed by atoms with Gasteiger partial charge in [-0.25, -0.2) is 9.78 Å². The van der Waals surface area contributed by atoms with E-state index in [2.05, 4.69) is 15.0 Å². The van der Waals surface area contributed by atoms with Crippen LogP contribution in [-0.4, -0.2) is 34.0 Å². The summed E-state index contributed by atoms with van der Waals surface area (Å²) < 4.78 is 1.40. The maximum Gasteiger partial charge on any atom is 0.352 e. The highest BCUT2D eigenvalue weighted by molar-refractivity contribution is 6.32. The SMILES string of the molecule is CON=Cc1ccc(C(=O)O)n1-c1ncccc1Cl. The lowest BCUT2D eigenvalue weighted by Gasteiger charge is -2.09. The lowest BCUT2D eigenvalue weighted by atomic mass is 10.4. The molecule has 6 nitrogen and oxygen atoms in total. The second-order valence-corrected chi connectivity index (χ2v) is 3.92. The number of carboxylic acid groups (broad SMARTS) is 1. The minimum absolute atomic E-state index is 0.0400. The Morgan fingerprint density at radius 1 is 1.53 bits per heavy atom. The first kappa shape index (κ1) is 13.1. The van der Waals surface area contributed by atoms with Crippen LogP contribution in [0.5, 0.6) is 0 Å². The van der Waals surface area contributed by atoms with Gasteiger partial charge in [-0.2, -0.15) is 0 Å². The van der Waals surface area contributed by atoms with E-state index in [1.165, 1.54) is 30.2 Å². The molecule has 98 valence electrons. The molecule has 1 N–H and O–H groups in total. The molecule has 2 aromatic rings. The largest absolute Gasteiger partial charge is 0.477 e. The molecule has 0 unspecified atom stereocenters. The van der Waals surface area contributed by atoms with Gasteiger partial charge >= 0.3 is 5.97 Å². The number of oxime groups is 1. The zero-order valence-corrected chi connectivity index (χ0v) is 10.7. The monoisotopic (exact) mass is 279 g/mol. The van der Waals surface area contributed by atoms with E-state index in [1.807, 2.05) is 0 Å². The summed E-state index contributed by atoms with van der Waals surface area (Å²) in [7, 11) is 1.40. The highest BCUT2D eigenvalue weighted by Gasteiger charge is 2.17. The van der Waals surface area contributed by atoms with Crippen LogP contribution in [0, 0.1) is 0 Å². The minimum atomic E-state index is -1.08. The summed E-state index contributed by atoms with van der Waals surface area (Å²) in [4.78, 5) is 19.9. The zero-order chi connectivity index (χ0) is 13.8. The summed E-state index contributed by atoms with van der Waals surface area (Å²) in [6, 6.07) is 6.34. The van der Waals surface area contributed by atoms with Crippen molar-refractivity contribution in [3.8, 4) is 5.82 Å². The van der Waals surface area contributed by atoms with E-state index in [0.29, 0.717) is 16.5 Å². The third-order valence-corrected chi connectivity index (χ3v) is 2.67. The average molecular weight is 280 g/mol. The Hall–Kier alpha value is -2.34. The molecule has 0 spiro atoms. The molecule has 19 heavy (non-hydrogen) atoms. The molecule has 7 heteroatoms. The Balaban J connectivity index is 2.65. The number of aromatic carboxylic acids is 1. The molecule has 0 saturated heterocycles. The molecule has 0 aliphatic rings. The number of pyridine rings is 1. The highest BCUT2D eigenvalue weighted by atomic mass is 35.5. The van der Waals surface area contributed by atoms with Gasteiger partial charge in [0.1, 0.15) is 12.8 Å². The second kappa shape index (κ2) is 5.53. The van der Waals surface area contributed by atoms with Crippen molar-refractivity contribution in [2.45, 2.75) is 0 Å². The van der Waals surface area contributed by atoms with Gasteiger partial charge in [-0.3, -0.25) is 4.57 Å². The van der Waals surface area contributed by atoms with E-state index in [1.54, 1.807) is 18.2 Å². The van der Waals surface area contributed by atoms with E-state index in [-0.39, 0.29) is 5.69 Å². The number of rotatable bonds is 4. The average Bonchev–Trinajstić information content (AvgIpc) is 2.80. The molecule has 0 atom stereocenters. The van der Waals surface area contributed by atoms with Crippen molar-refractivity contribution in [1.82, 2.24) is 9.55 Å². The van der Waals surface area contributed by atoms with E-state index in [0.717, 1.165) is 0 Å². The summed E-state index contributed by atoms with van der Waals surface area (Å²) in [5.74, 6) is -0.761. The molecule has 2 aromatic heterocycles. The molecular weight excluding hydrogens is 270 g/mol. The van der Waals surface area contributed by atoms with Crippen LogP contribution >= 0.6 is 11.6 Å². The molecule has 2 heterocycles. The van der Waals surface area contributed by atoms with Crippen LogP contribution in [0.25, 0.3) is 5.82 Å². The van der Waals surface area contributed by atoms with Gasteiger partial charge < -0.3 is 9.94 Å². The van der Waals surface area contributed by atoms with E-state index in [4.69, 9.17) is 11.6 Å². The number of halogens is 1. The topological polar surface area (TPSA) is 76.7 Å². The van der Waals surface area contributed by atoms with Crippen LogP contribution in [0.4, 0.5) is 0 Å². The van der Waals surface area contributed by atoms with Crippen molar-refractivity contribution in [3.63, 3.8) is 0 Å². The summed E-state index contributed by atoms with van der Waals surface area (Å²) in [6.07, 6.45) is 2.92. The van der Waals surface area contributed by atoms with Crippen LogP contribution < -0.4 is 0 Å². The third kappa shape index (κ3) is 2.58. The second-order valence-electron chi connectivity index (χ2n) is 3.51. The molecule has 2 rings (SSSR count). The van der Waals surface area contributed by atoms with Crippen LogP contribution in [-0.2, 0) is 4.84 Å². The Labute approximate surface area is 113 Å². The standard InChI is InChI=1S/C12H10ClN3O3/c1-19-15-7-8-4-5-10(12(17)18)16(8)11-9(13)3-2-6-14-11/h2-7H,1H3,(H,17,18). The Morgan fingerprint density at radius 2 is 2.32 bits per heavy atom. The number of nitrogens with zero attached hydrogens (tertiary/aromatic N) is 3. The fourth-order valence-corrected chi connectivity index (χ4v) is 1.81. The molecule has 0 aliphatic heterocycles. The van der Waals surface area contributed by atoms with Gasteiger partial charge in [0.2, 0.25) is 0 Å². The van der Waals surface area contributed by atoms with Crippen LogP contribution in [0.15, 0.2) is 35.6 Å². The van der Waals surface area contributed by atoms with Crippen molar-refractivity contribution >= 4 is 23.8 Å². The number of hydrogen-bond acceptors (Lipinski definition) is 4. The van der Waals surface area contributed by atoms with Gasteiger partial charge in [-0.1, -0.05) is 16.8 Å². The normalized spacial score (nSPS) is 10.8. The Kier molecular flexibility index (Phi) is 3.82. The maximum atomic E-state index is 11.2. The van der Waals surface area contributed by atoms with Gasteiger partial charge in [0, 0.05) is 6.20 Å². The summed E-state index contributed by atoms with van der Waals surface area (Å²) in [5.41, 5.74) is 0.540. The first-order chi connectivity index (χ1) is 9.15. The third-order valence-electron chi connectivity index (χ3n) is 2.37. The van der Waals surface area contributed by atoms with E-state index < -0.39 is 5.97 Å². The smallest absolute Gasteiger partial charge is 0.352 e. The molecule has 0 aliphatic carbocycles. The van der Waals surface area contributed by atoms with Gasteiger partial charge in [-0.15, -0.1) is 0 Å². The molecule has 0 radical (unpaired) electrons. The summed E-state index contributed by atoms with van der Waals surface area (Å²) in [6.45, 7) is 0. The highest BCUT2D eigenvalue weighted by Crippen LogP contribution is 2.21. The van der Waals surface area contributed by atoms with Crippen molar-refractivity contribution in [2.24, 2.45) is 5.16 Å². The lowest BCUT2D eigenvalue weighted by molar-refractivity contribution is 0.0688. The van der Waals surface area contributed by atoms with Gasteiger partial charge in [0.25, 0.3) is 0 Å². The zero-order valence-electron chi connectivity index (χ0n) is 9.95. The lowest BCUT2D eigenvalue weighted by Crippen LogP contribution is -2.11. The first-order valence-corrected chi connectivity index (χ1v) is 5.65. The predicted molar refractivity (Wildman–Crippen MR) is 70.1 cm³/mol. The van der Waals surface area contributed by atoms with Crippen LogP contribution in [0.3, 0.4) is 0 Å². The van der Waals surface area contributed by atoms with Crippen LogP contribution in [0.2, 0.25) is 5.02 Å². The molecule has 0 fully saturated rings. The van der Waals surface area contributed by atoms with Gasteiger partial charge in [-0.05, 0) is 24.3 Å². The number of aromatic nitrogens is 2. The fourth-order valence-electron chi connectivity index (χ4n) is 1.61. The molecule has 0 bridgehead atoms. The molecule has 0 saturated carbocycles. The summed E-state index contributed by atoms with van der Waals surface area (Å²) >= 11 is 6.05. The fraction of sp³-hybridized carbons (Fsp3) is 0.0833. The van der Waals surface area contributed by atoms with Crippen LogP contribution in [0.1, 0.15) is 16.2 Å². The summed E-state index contributed by atoms with van der Waals surface area (Å²) in [5, 5.41) is 13.2. The Bertz CT molecular complexity index is 637. The number of carboxylic acids is 1. The van der Waals surface area contributed by atoms with Crippen molar-refractivity contribution in [3.05, 3.63) is 46.9 Å². The van der Waals surface area contributed by atoms with E-state index in [9.17, 15) is 9.90 Å². The number of carbonyl (C=O) groups is 1. The van der Waals surface area contributed by atoms with E-state index >= 15 is 0 Å². The van der Waals surface area contributed by atoms with Crippen molar-refractivity contribution in [1.29, 1.82) is 0 Å². The first-order valence-electron chi connectivity index (χ1n) is 5.27. The minimum Gasteiger partial charge on any atom is -0.477 e. The molecular formula is C12H10ClN3O3. The van der Waals surface area contributed by atoms with Gasteiger partial charge in [0.05, 0.1) is 16.9 Å².